The maximum absolute atomic E-state index is 13.4. The third-order valence-electron chi connectivity index (χ3n) is 5.17. The van der Waals surface area contributed by atoms with Gasteiger partial charge in [0.05, 0.1) is 31.0 Å². The molecule has 5 heteroatoms. The van der Waals surface area contributed by atoms with Gasteiger partial charge in [-0.05, 0) is 25.0 Å². The van der Waals surface area contributed by atoms with Crippen LogP contribution in [0.25, 0.3) is 22.2 Å². The lowest BCUT2D eigenvalue weighted by atomic mass is 10.0. The van der Waals surface area contributed by atoms with E-state index in [1.807, 2.05) is 54.6 Å². The second-order valence-electron chi connectivity index (χ2n) is 6.75. The average Bonchev–Trinajstić information content (AvgIpc) is 3.21. The number of rotatable bonds is 4. The van der Waals surface area contributed by atoms with Crippen LogP contribution in [0.15, 0.2) is 54.6 Å². The number of nitrogens with zero attached hydrogens (tertiary/aromatic N) is 2. The lowest BCUT2D eigenvalue weighted by molar-refractivity contribution is 0.0679. The van der Waals surface area contributed by atoms with Crippen LogP contribution in [0.3, 0.4) is 0 Å². The third-order valence-corrected chi connectivity index (χ3v) is 5.17. The number of likely N-dealkylation sites (tertiary alicyclic amines) is 1. The van der Waals surface area contributed by atoms with Gasteiger partial charge in [-0.15, -0.1) is 0 Å². The number of methoxy groups -OCH3 is 1. The minimum atomic E-state index is -0.119. The van der Waals surface area contributed by atoms with Crippen LogP contribution in [0.2, 0.25) is 0 Å². The third kappa shape index (κ3) is 3.15. The van der Waals surface area contributed by atoms with Crippen molar-refractivity contribution in [1.82, 2.24) is 9.88 Å². The van der Waals surface area contributed by atoms with E-state index in [-0.39, 0.29) is 18.6 Å². The molecule has 0 radical (unpaired) electrons. The summed E-state index contributed by atoms with van der Waals surface area (Å²) in [6.07, 6.45) is 1.75. The fourth-order valence-corrected chi connectivity index (χ4v) is 3.77. The van der Waals surface area contributed by atoms with Crippen LogP contribution in [0.1, 0.15) is 23.2 Å². The Balaban J connectivity index is 1.91. The van der Waals surface area contributed by atoms with E-state index >= 15 is 0 Å². The van der Waals surface area contributed by atoms with E-state index in [9.17, 15) is 9.90 Å². The van der Waals surface area contributed by atoms with Crippen molar-refractivity contribution in [3.63, 3.8) is 0 Å². The molecule has 0 saturated carbocycles. The molecule has 1 amide bonds. The molecule has 0 bridgehead atoms. The lowest BCUT2D eigenvalue weighted by Gasteiger charge is -2.24. The molecule has 1 fully saturated rings. The Hall–Kier alpha value is -2.92. The first-order valence-electron chi connectivity index (χ1n) is 9.18. The minimum absolute atomic E-state index is 0.0103. The molecule has 0 spiro atoms. The summed E-state index contributed by atoms with van der Waals surface area (Å²) in [5, 5.41) is 10.4. The van der Waals surface area contributed by atoms with Gasteiger partial charge in [0.1, 0.15) is 11.3 Å². The Morgan fingerprint density at radius 2 is 2.04 bits per heavy atom. The molecule has 138 valence electrons. The Bertz CT molecular complexity index is 972. The van der Waals surface area contributed by atoms with Crippen molar-refractivity contribution in [2.75, 3.05) is 20.3 Å². The van der Waals surface area contributed by atoms with E-state index in [1.54, 1.807) is 12.0 Å². The predicted molar refractivity (Wildman–Crippen MR) is 105 cm³/mol. The predicted octanol–water partition coefficient (Wildman–Crippen LogP) is 3.51. The number of para-hydroxylation sites is 1. The zero-order chi connectivity index (χ0) is 18.8. The molecule has 1 saturated heterocycles. The number of aliphatic hydroxyl groups is 1. The maximum atomic E-state index is 13.4. The van der Waals surface area contributed by atoms with Gasteiger partial charge in [0.2, 0.25) is 0 Å². The van der Waals surface area contributed by atoms with Gasteiger partial charge >= 0.3 is 0 Å². The van der Waals surface area contributed by atoms with Crippen molar-refractivity contribution in [3.05, 3.63) is 60.2 Å². The van der Waals surface area contributed by atoms with Crippen molar-refractivity contribution in [1.29, 1.82) is 0 Å². The Morgan fingerprint density at radius 1 is 1.22 bits per heavy atom. The van der Waals surface area contributed by atoms with E-state index in [1.165, 1.54) is 0 Å². The smallest absolute Gasteiger partial charge is 0.254 e. The van der Waals surface area contributed by atoms with Gasteiger partial charge < -0.3 is 14.7 Å². The van der Waals surface area contributed by atoms with Crippen molar-refractivity contribution in [2.24, 2.45) is 0 Å². The molecule has 4 rings (SSSR count). The summed E-state index contributed by atoms with van der Waals surface area (Å²) in [5.74, 6) is 0.573. The molecule has 3 aromatic rings. The topological polar surface area (TPSA) is 62.7 Å². The van der Waals surface area contributed by atoms with Crippen LogP contribution < -0.4 is 4.74 Å². The van der Waals surface area contributed by atoms with Crippen molar-refractivity contribution in [2.45, 2.75) is 18.9 Å². The molecular formula is C22H22N2O3. The molecule has 2 heterocycles. The van der Waals surface area contributed by atoms with E-state index in [0.29, 0.717) is 23.4 Å². The molecule has 0 aliphatic carbocycles. The van der Waals surface area contributed by atoms with Gasteiger partial charge in [-0.1, -0.05) is 42.5 Å². The summed E-state index contributed by atoms with van der Waals surface area (Å²) < 4.78 is 5.49. The fourth-order valence-electron chi connectivity index (χ4n) is 3.77. The second kappa shape index (κ2) is 7.37. The number of aliphatic hydroxyl groups excluding tert-OH is 1. The van der Waals surface area contributed by atoms with Crippen LogP contribution in [0, 0.1) is 0 Å². The van der Waals surface area contributed by atoms with E-state index in [2.05, 4.69) is 0 Å². The molecule has 5 nitrogen and oxygen atoms in total. The highest BCUT2D eigenvalue weighted by molar-refractivity contribution is 6.08. The first-order valence-corrected chi connectivity index (χ1v) is 9.18. The first kappa shape index (κ1) is 17.5. The van der Waals surface area contributed by atoms with Gasteiger partial charge in [0.25, 0.3) is 5.91 Å². The summed E-state index contributed by atoms with van der Waals surface area (Å²) in [6.45, 7) is 0.655. The highest BCUT2D eigenvalue weighted by Gasteiger charge is 2.30. The van der Waals surface area contributed by atoms with E-state index in [0.717, 1.165) is 29.5 Å². The number of amides is 1. The van der Waals surface area contributed by atoms with Gasteiger partial charge in [0.15, 0.2) is 0 Å². The fraction of sp³-hybridized carbons (Fsp3) is 0.273. The second-order valence-corrected chi connectivity index (χ2v) is 6.75. The maximum Gasteiger partial charge on any atom is 0.254 e. The molecule has 0 unspecified atom stereocenters. The number of pyridine rings is 1. The number of ether oxygens (including phenoxy) is 1. The summed E-state index contributed by atoms with van der Waals surface area (Å²) in [5.41, 5.74) is 2.94. The number of hydrogen-bond donors (Lipinski definition) is 1. The largest absolute Gasteiger partial charge is 0.494 e. The Kier molecular flexibility index (Phi) is 4.77. The summed E-state index contributed by atoms with van der Waals surface area (Å²) in [7, 11) is 1.61. The molecule has 1 atom stereocenters. The van der Waals surface area contributed by atoms with Gasteiger partial charge in [-0.3, -0.25) is 4.79 Å². The monoisotopic (exact) mass is 362 g/mol. The molecule has 27 heavy (non-hydrogen) atoms. The van der Waals surface area contributed by atoms with Crippen LogP contribution in [-0.4, -0.2) is 47.2 Å². The number of benzene rings is 2. The highest BCUT2D eigenvalue weighted by Crippen LogP contribution is 2.32. The zero-order valence-corrected chi connectivity index (χ0v) is 15.3. The average molecular weight is 362 g/mol. The van der Waals surface area contributed by atoms with Crippen LogP contribution in [-0.2, 0) is 0 Å². The molecule has 1 aliphatic heterocycles. The van der Waals surface area contributed by atoms with Gasteiger partial charge in [-0.2, -0.15) is 0 Å². The zero-order valence-electron chi connectivity index (χ0n) is 15.3. The van der Waals surface area contributed by atoms with Crippen LogP contribution in [0.5, 0.6) is 5.75 Å². The van der Waals surface area contributed by atoms with E-state index < -0.39 is 0 Å². The summed E-state index contributed by atoms with van der Waals surface area (Å²) in [6, 6.07) is 17.2. The number of fused-ring (bicyclic) bond motifs is 1. The number of aromatic nitrogens is 1. The van der Waals surface area contributed by atoms with Crippen molar-refractivity contribution >= 4 is 16.8 Å². The molecule has 1 aromatic heterocycles. The van der Waals surface area contributed by atoms with Crippen LogP contribution in [0.4, 0.5) is 0 Å². The minimum Gasteiger partial charge on any atom is -0.494 e. The molecular weight excluding hydrogens is 340 g/mol. The number of carbonyl (C=O) groups excluding carboxylic acids is 1. The highest BCUT2D eigenvalue weighted by atomic mass is 16.5. The number of hydrogen-bond acceptors (Lipinski definition) is 4. The van der Waals surface area contributed by atoms with Gasteiger partial charge in [-0.25, -0.2) is 4.98 Å². The lowest BCUT2D eigenvalue weighted by Crippen LogP contribution is -2.37. The van der Waals surface area contributed by atoms with E-state index in [4.69, 9.17) is 9.72 Å². The normalized spacial score (nSPS) is 16.7. The SMILES string of the molecule is COc1cccc2c(C(=O)N3CCC[C@H]3CO)cc(-c3ccccc3)nc12. The Labute approximate surface area is 158 Å². The van der Waals surface area contributed by atoms with Crippen molar-refractivity contribution in [3.8, 4) is 17.0 Å². The standard InChI is InChI=1S/C22H22N2O3/c1-27-20-11-5-10-17-18(22(26)24-12-6-9-16(24)14-25)13-19(23-21(17)20)15-7-3-2-4-8-15/h2-5,7-8,10-11,13,16,25H,6,9,12,14H2,1H3/t16-/m0/s1. The van der Waals surface area contributed by atoms with Crippen LogP contribution >= 0.6 is 0 Å². The summed E-state index contributed by atoms with van der Waals surface area (Å²) >= 11 is 0. The molecule has 1 aliphatic rings. The Morgan fingerprint density at radius 3 is 2.78 bits per heavy atom. The summed E-state index contributed by atoms with van der Waals surface area (Å²) in [4.78, 5) is 19.9. The molecule has 1 N–H and O–H groups in total. The van der Waals surface area contributed by atoms with Crippen molar-refractivity contribution < 1.29 is 14.6 Å². The molecule has 2 aromatic carbocycles. The first-order chi connectivity index (χ1) is 13.2. The number of carbonyl (C=O) groups is 1. The van der Waals surface area contributed by atoms with Gasteiger partial charge in [0, 0.05) is 17.5 Å². The quantitative estimate of drug-likeness (QED) is 0.771.